The van der Waals surface area contributed by atoms with Gasteiger partial charge in [-0.15, -0.1) is 0 Å². The Kier molecular flexibility index (Phi) is 4.49. The van der Waals surface area contributed by atoms with E-state index in [1.807, 2.05) is 0 Å². The molecule has 2 aromatic rings. The molecule has 0 unspecified atom stereocenters. The van der Waals surface area contributed by atoms with Gasteiger partial charge in [0.05, 0.1) is 5.02 Å². The topological polar surface area (TPSA) is 46.2 Å². The summed E-state index contributed by atoms with van der Waals surface area (Å²) < 4.78 is 27.0. The zero-order valence-corrected chi connectivity index (χ0v) is 13.4. The number of nitrogens with one attached hydrogen (secondary N) is 1. The average Bonchev–Trinajstić information content (AvgIpc) is 2.36. The fourth-order valence-corrected chi connectivity index (χ4v) is 3.53. The van der Waals surface area contributed by atoms with Gasteiger partial charge >= 0.3 is 0 Å². The number of benzene rings is 2. The summed E-state index contributed by atoms with van der Waals surface area (Å²) in [5, 5.41) is 0.961. The summed E-state index contributed by atoms with van der Waals surface area (Å²) in [5.41, 5.74) is 1.17. The van der Waals surface area contributed by atoms with E-state index < -0.39 is 10.0 Å². The lowest BCUT2D eigenvalue weighted by atomic mass is 10.2. The third kappa shape index (κ3) is 3.38. The van der Waals surface area contributed by atoms with Crippen LogP contribution in [0.4, 0.5) is 5.69 Å². The molecule has 0 saturated carbocycles. The quantitative estimate of drug-likeness (QED) is 0.867. The second-order valence-corrected chi connectivity index (χ2v) is 7.05. The molecule has 7 heteroatoms. The van der Waals surface area contributed by atoms with E-state index in [4.69, 9.17) is 34.8 Å². The molecular weight excluding hydrogens is 341 g/mol. The molecule has 0 aliphatic rings. The summed E-state index contributed by atoms with van der Waals surface area (Å²) in [6.45, 7) is 1.78. The van der Waals surface area contributed by atoms with Crippen LogP contribution in [-0.4, -0.2) is 8.42 Å². The van der Waals surface area contributed by atoms with Crippen LogP contribution in [0.3, 0.4) is 0 Å². The van der Waals surface area contributed by atoms with E-state index in [9.17, 15) is 8.42 Å². The molecule has 0 atom stereocenters. The molecule has 0 amide bonds. The molecular formula is C13H10Cl3NO2S. The first kappa shape index (κ1) is 15.4. The van der Waals surface area contributed by atoms with Crippen LogP contribution >= 0.6 is 34.8 Å². The number of halogens is 3. The monoisotopic (exact) mass is 349 g/mol. The number of aryl methyl sites for hydroxylation is 1. The Morgan fingerprint density at radius 2 is 1.60 bits per heavy atom. The first-order valence-corrected chi connectivity index (χ1v) is 8.15. The average molecular weight is 351 g/mol. The molecule has 0 aliphatic carbocycles. The van der Waals surface area contributed by atoms with Gasteiger partial charge in [0.25, 0.3) is 10.0 Å². The van der Waals surface area contributed by atoms with E-state index >= 15 is 0 Å². The lowest BCUT2D eigenvalue weighted by Gasteiger charge is -2.10. The second kappa shape index (κ2) is 5.82. The Bertz CT molecular complexity index is 760. The normalized spacial score (nSPS) is 11.4. The molecule has 0 spiro atoms. The van der Waals surface area contributed by atoms with Crippen LogP contribution < -0.4 is 4.72 Å². The zero-order chi connectivity index (χ0) is 14.9. The molecule has 106 valence electrons. The molecule has 1 N–H and O–H groups in total. The van der Waals surface area contributed by atoms with E-state index in [1.165, 1.54) is 18.2 Å². The minimum Gasteiger partial charge on any atom is -0.280 e. The van der Waals surface area contributed by atoms with Crippen LogP contribution in [0.15, 0.2) is 41.3 Å². The second-order valence-electron chi connectivity index (χ2n) is 4.14. The van der Waals surface area contributed by atoms with Gasteiger partial charge < -0.3 is 0 Å². The summed E-state index contributed by atoms with van der Waals surface area (Å²) in [5.74, 6) is 0. The first-order valence-electron chi connectivity index (χ1n) is 5.53. The molecule has 0 saturated heterocycles. The third-order valence-electron chi connectivity index (χ3n) is 2.59. The van der Waals surface area contributed by atoms with Gasteiger partial charge in [0, 0.05) is 15.7 Å². The molecule has 0 radical (unpaired) electrons. The largest absolute Gasteiger partial charge is 0.280 e. The highest BCUT2D eigenvalue weighted by atomic mass is 35.5. The van der Waals surface area contributed by atoms with Crippen molar-refractivity contribution in [1.82, 2.24) is 0 Å². The number of rotatable bonds is 3. The van der Waals surface area contributed by atoms with Crippen LogP contribution in [-0.2, 0) is 10.0 Å². The van der Waals surface area contributed by atoms with Crippen LogP contribution in [0.1, 0.15) is 5.56 Å². The van der Waals surface area contributed by atoms with Crippen molar-refractivity contribution in [3.8, 4) is 0 Å². The minimum absolute atomic E-state index is 0.0701. The molecule has 0 fully saturated rings. The van der Waals surface area contributed by atoms with Gasteiger partial charge in [-0.05, 0) is 48.9 Å². The maximum atomic E-state index is 12.3. The van der Waals surface area contributed by atoms with Gasteiger partial charge in [-0.1, -0.05) is 34.8 Å². The molecule has 3 nitrogen and oxygen atoms in total. The SMILES string of the molecule is Cc1cc(NS(=O)(=O)c2cc(Cl)ccc2Cl)ccc1Cl. The van der Waals surface area contributed by atoms with Crippen molar-refractivity contribution in [2.24, 2.45) is 0 Å². The van der Waals surface area contributed by atoms with E-state index in [0.29, 0.717) is 15.7 Å². The van der Waals surface area contributed by atoms with E-state index in [2.05, 4.69) is 4.72 Å². The highest BCUT2D eigenvalue weighted by molar-refractivity contribution is 7.92. The van der Waals surface area contributed by atoms with Crippen molar-refractivity contribution in [3.05, 3.63) is 57.0 Å². The highest BCUT2D eigenvalue weighted by Crippen LogP contribution is 2.27. The van der Waals surface area contributed by atoms with Crippen molar-refractivity contribution in [1.29, 1.82) is 0 Å². The summed E-state index contributed by atoms with van der Waals surface area (Å²) in [4.78, 5) is -0.0701. The minimum atomic E-state index is -3.81. The summed E-state index contributed by atoms with van der Waals surface area (Å²) in [6, 6.07) is 9.09. The van der Waals surface area contributed by atoms with Crippen LogP contribution in [0.2, 0.25) is 15.1 Å². The smallest absolute Gasteiger partial charge is 0.263 e. The maximum absolute atomic E-state index is 12.3. The standard InChI is InChI=1S/C13H10Cl3NO2S/c1-8-6-10(3-5-11(8)15)17-20(18,19)13-7-9(14)2-4-12(13)16/h2-7,17H,1H3. The number of hydrogen-bond donors (Lipinski definition) is 1. The van der Waals surface area contributed by atoms with Crippen molar-refractivity contribution in [2.45, 2.75) is 11.8 Å². The molecule has 2 rings (SSSR count). The first-order chi connectivity index (χ1) is 9.29. The van der Waals surface area contributed by atoms with E-state index in [-0.39, 0.29) is 9.92 Å². The van der Waals surface area contributed by atoms with Crippen molar-refractivity contribution in [2.75, 3.05) is 4.72 Å². The van der Waals surface area contributed by atoms with Crippen LogP contribution in [0.5, 0.6) is 0 Å². The molecule has 2 aromatic carbocycles. The van der Waals surface area contributed by atoms with Crippen LogP contribution in [0, 0.1) is 6.92 Å². The molecule has 0 aliphatic heterocycles. The Hall–Kier alpha value is -0.940. The fourth-order valence-electron chi connectivity index (χ4n) is 1.60. The molecule has 20 heavy (non-hydrogen) atoms. The van der Waals surface area contributed by atoms with Crippen molar-refractivity contribution in [3.63, 3.8) is 0 Å². The number of anilines is 1. The molecule has 0 heterocycles. The van der Waals surface area contributed by atoms with Crippen molar-refractivity contribution < 1.29 is 8.42 Å². The van der Waals surface area contributed by atoms with Gasteiger partial charge in [0.1, 0.15) is 4.90 Å². The van der Waals surface area contributed by atoms with E-state index in [0.717, 1.165) is 5.56 Å². The molecule has 0 bridgehead atoms. The fraction of sp³-hybridized carbons (Fsp3) is 0.0769. The predicted molar refractivity (Wildman–Crippen MR) is 83.5 cm³/mol. The van der Waals surface area contributed by atoms with Crippen molar-refractivity contribution >= 4 is 50.5 Å². The number of sulfonamides is 1. The third-order valence-corrected chi connectivity index (χ3v) is 5.11. The van der Waals surface area contributed by atoms with Gasteiger partial charge in [-0.2, -0.15) is 0 Å². The van der Waals surface area contributed by atoms with E-state index in [1.54, 1.807) is 25.1 Å². The van der Waals surface area contributed by atoms with Crippen LogP contribution in [0.25, 0.3) is 0 Å². The Morgan fingerprint density at radius 3 is 2.25 bits per heavy atom. The molecule has 0 aromatic heterocycles. The zero-order valence-electron chi connectivity index (χ0n) is 10.3. The lowest BCUT2D eigenvalue weighted by Crippen LogP contribution is -2.13. The summed E-state index contributed by atoms with van der Waals surface area (Å²) >= 11 is 17.6. The lowest BCUT2D eigenvalue weighted by molar-refractivity contribution is 0.601. The summed E-state index contributed by atoms with van der Waals surface area (Å²) in [7, 11) is -3.81. The van der Waals surface area contributed by atoms with Gasteiger partial charge in [0.15, 0.2) is 0 Å². The maximum Gasteiger partial charge on any atom is 0.263 e. The Balaban J connectivity index is 2.40. The summed E-state index contributed by atoms with van der Waals surface area (Å²) in [6.07, 6.45) is 0. The predicted octanol–water partition coefficient (Wildman–Crippen LogP) is 4.76. The van der Waals surface area contributed by atoms with Gasteiger partial charge in [-0.3, -0.25) is 4.72 Å². The highest BCUT2D eigenvalue weighted by Gasteiger charge is 2.18. The Labute approximate surface area is 132 Å². The van der Waals surface area contributed by atoms with Gasteiger partial charge in [0.2, 0.25) is 0 Å². The van der Waals surface area contributed by atoms with Gasteiger partial charge in [-0.25, -0.2) is 8.42 Å². The Morgan fingerprint density at radius 1 is 0.950 bits per heavy atom. The number of hydrogen-bond acceptors (Lipinski definition) is 2.